The van der Waals surface area contributed by atoms with Gasteiger partial charge in [0.25, 0.3) is 0 Å². The van der Waals surface area contributed by atoms with Crippen molar-refractivity contribution in [1.29, 1.82) is 0 Å². The zero-order valence-electron chi connectivity index (χ0n) is 20.9. The van der Waals surface area contributed by atoms with E-state index in [1.165, 1.54) is 13.4 Å². The number of amides is 1. The molecule has 2 aromatic heterocycles. The molecule has 0 spiro atoms. The summed E-state index contributed by atoms with van der Waals surface area (Å²) in [6, 6.07) is 0. The molecular weight excluding hydrogens is 453 g/mol. The molecule has 192 valence electrons. The van der Waals surface area contributed by atoms with Gasteiger partial charge >= 0.3 is 12.0 Å². The first-order valence-electron chi connectivity index (χ1n) is 12.2. The lowest BCUT2D eigenvalue weighted by Gasteiger charge is -2.26. The number of methoxy groups -OCH3 is 1. The van der Waals surface area contributed by atoms with Crippen LogP contribution in [0.4, 0.5) is 10.2 Å². The largest absolute Gasteiger partial charge is 0.462 e. The van der Waals surface area contributed by atoms with Crippen molar-refractivity contribution in [3.63, 3.8) is 0 Å². The van der Waals surface area contributed by atoms with Crippen LogP contribution in [0.3, 0.4) is 0 Å². The van der Waals surface area contributed by atoms with Gasteiger partial charge in [-0.3, -0.25) is 9.59 Å². The molecule has 2 heterocycles. The highest BCUT2D eigenvalue weighted by Gasteiger charge is 2.30. The highest BCUT2D eigenvalue weighted by Crippen LogP contribution is 2.22. The molecule has 1 amide bonds. The van der Waals surface area contributed by atoms with Crippen molar-refractivity contribution in [2.45, 2.75) is 90.2 Å². The topological polar surface area (TPSA) is 108 Å². The lowest BCUT2D eigenvalue weighted by Crippen LogP contribution is -2.37. The average molecular weight is 490 g/mol. The molecule has 2 aromatic rings. The standard InChI is InChI=1S/C25H36FN5O4/c1-5-8-10-11-12-13-19(32)28-22-21-23(30-24(26)29-22)31(18-27-21)16-15-25(7-3,34-4)17-35-20(33)14-9-6-2/h3,18H,5-6,8-17H2,1-2,4H3,(H,28,29,30,32). The Kier molecular flexibility index (Phi) is 11.6. The normalized spacial score (nSPS) is 12.8. The number of ether oxygens (including phenoxy) is 2. The molecule has 0 bridgehead atoms. The number of nitrogens with zero attached hydrogens (tertiary/aromatic N) is 4. The van der Waals surface area contributed by atoms with E-state index in [9.17, 15) is 14.0 Å². The Bertz CT molecular complexity index is 1020. The molecule has 0 saturated heterocycles. The number of aromatic nitrogens is 4. The second-order valence-electron chi connectivity index (χ2n) is 8.52. The molecule has 1 unspecified atom stereocenters. The number of hydrogen-bond acceptors (Lipinski definition) is 7. The molecule has 0 saturated carbocycles. The number of unbranched alkanes of at least 4 members (excludes halogenated alkanes) is 5. The number of carbonyl (C=O) groups excluding carboxylic acids is 2. The number of carbonyl (C=O) groups is 2. The Morgan fingerprint density at radius 3 is 2.57 bits per heavy atom. The Morgan fingerprint density at radius 2 is 1.89 bits per heavy atom. The molecule has 35 heavy (non-hydrogen) atoms. The molecule has 2 rings (SSSR count). The lowest BCUT2D eigenvalue weighted by molar-refractivity contribution is -0.150. The van der Waals surface area contributed by atoms with Gasteiger partial charge in [0.1, 0.15) is 6.61 Å². The Hall–Kier alpha value is -3.06. The van der Waals surface area contributed by atoms with Crippen molar-refractivity contribution in [2.24, 2.45) is 0 Å². The second kappa shape index (κ2) is 14.4. The fourth-order valence-corrected chi connectivity index (χ4v) is 3.55. The zero-order valence-corrected chi connectivity index (χ0v) is 20.9. The smallest absolute Gasteiger partial charge is 0.312 e. The van der Waals surface area contributed by atoms with Crippen molar-refractivity contribution in [3.05, 3.63) is 12.4 Å². The first-order valence-corrected chi connectivity index (χ1v) is 12.2. The van der Waals surface area contributed by atoms with Gasteiger partial charge in [-0.15, -0.1) is 6.42 Å². The number of esters is 1. The van der Waals surface area contributed by atoms with Crippen LogP contribution in [0.15, 0.2) is 6.33 Å². The molecule has 10 heteroatoms. The molecule has 0 aliphatic carbocycles. The molecule has 9 nitrogen and oxygen atoms in total. The fraction of sp³-hybridized carbons (Fsp3) is 0.640. The summed E-state index contributed by atoms with van der Waals surface area (Å²) >= 11 is 0. The van der Waals surface area contributed by atoms with Crippen LogP contribution in [-0.2, 0) is 25.6 Å². The van der Waals surface area contributed by atoms with Gasteiger partial charge in [0, 0.05) is 32.9 Å². The van der Waals surface area contributed by atoms with Gasteiger partial charge in [-0.25, -0.2) is 4.98 Å². The van der Waals surface area contributed by atoms with E-state index in [1.807, 2.05) is 6.92 Å². The first-order chi connectivity index (χ1) is 16.9. The third kappa shape index (κ3) is 8.58. The van der Waals surface area contributed by atoms with Crippen molar-refractivity contribution in [1.82, 2.24) is 19.5 Å². The second-order valence-corrected chi connectivity index (χ2v) is 8.52. The number of terminal acetylenes is 1. The van der Waals surface area contributed by atoms with Gasteiger partial charge in [-0.1, -0.05) is 51.9 Å². The highest BCUT2D eigenvalue weighted by molar-refractivity contribution is 5.96. The van der Waals surface area contributed by atoms with Crippen molar-refractivity contribution < 1.29 is 23.5 Å². The molecule has 0 fully saturated rings. The van der Waals surface area contributed by atoms with Gasteiger partial charge in [0.05, 0.1) is 6.33 Å². The van der Waals surface area contributed by atoms with Gasteiger partial charge in [-0.2, -0.15) is 14.4 Å². The van der Waals surface area contributed by atoms with Crippen LogP contribution < -0.4 is 5.32 Å². The summed E-state index contributed by atoms with van der Waals surface area (Å²) in [5.41, 5.74) is -0.656. The number of fused-ring (bicyclic) bond motifs is 1. The van der Waals surface area contributed by atoms with Gasteiger partial charge in [0.2, 0.25) is 5.91 Å². The van der Waals surface area contributed by atoms with E-state index in [1.54, 1.807) is 4.57 Å². The zero-order chi connectivity index (χ0) is 25.7. The summed E-state index contributed by atoms with van der Waals surface area (Å²) in [5.74, 6) is 2.02. The number of hydrogen-bond donors (Lipinski definition) is 1. The SMILES string of the molecule is C#CC(CCn1cnc2c(NC(=O)CCCCCCC)nc(F)nc21)(COC(=O)CCCC)OC. The monoisotopic (exact) mass is 489 g/mol. The van der Waals surface area contributed by atoms with Crippen LogP contribution in [0.5, 0.6) is 0 Å². The van der Waals surface area contributed by atoms with Crippen LogP contribution in [0.2, 0.25) is 0 Å². The van der Waals surface area contributed by atoms with E-state index in [-0.39, 0.29) is 48.4 Å². The number of anilines is 1. The minimum Gasteiger partial charge on any atom is -0.462 e. The van der Waals surface area contributed by atoms with Gasteiger partial charge in [-0.05, 0) is 12.8 Å². The summed E-state index contributed by atoms with van der Waals surface area (Å²) in [4.78, 5) is 36.1. The van der Waals surface area contributed by atoms with Crippen molar-refractivity contribution >= 4 is 28.9 Å². The summed E-state index contributed by atoms with van der Waals surface area (Å²) in [6.45, 7) is 4.29. The van der Waals surface area contributed by atoms with Gasteiger partial charge in [0.15, 0.2) is 22.6 Å². The van der Waals surface area contributed by atoms with E-state index in [4.69, 9.17) is 15.9 Å². The van der Waals surface area contributed by atoms with Crippen LogP contribution in [0, 0.1) is 18.4 Å². The molecule has 0 aliphatic heterocycles. The Morgan fingerprint density at radius 1 is 1.14 bits per heavy atom. The number of rotatable bonds is 16. The molecule has 1 N–H and O–H groups in total. The van der Waals surface area contributed by atoms with E-state index >= 15 is 0 Å². The number of imidazole rings is 1. The third-order valence-corrected chi connectivity index (χ3v) is 5.81. The minimum absolute atomic E-state index is 0.0321. The van der Waals surface area contributed by atoms with E-state index in [0.29, 0.717) is 12.8 Å². The quantitative estimate of drug-likeness (QED) is 0.161. The molecule has 1 atom stereocenters. The fourth-order valence-electron chi connectivity index (χ4n) is 3.55. The molecule has 0 aliphatic rings. The minimum atomic E-state index is -1.15. The third-order valence-electron chi connectivity index (χ3n) is 5.81. The summed E-state index contributed by atoms with van der Waals surface area (Å²) in [6.07, 6.45) is 13.8. The van der Waals surface area contributed by atoms with Crippen LogP contribution in [-0.4, -0.2) is 50.7 Å². The highest BCUT2D eigenvalue weighted by atomic mass is 19.1. The molecular formula is C25H36FN5O4. The van der Waals surface area contributed by atoms with E-state index in [2.05, 4.69) is 33.1 Å². The summed E-state index contributed by atoms with van der Waals surface area (Å²) in [5, 5.41) is 2.65. The summed E-state index contributed by atoms with van der Waals surface area (Å²) < 4.78 is 26.6. The number of aryl methyl sites for hydroxylation is 1. The van der Waals surface area contributed by atoms with Crippen molar-refractivity contribution in [3.8, 4) is 12.3 Å². The lowest BCUT2D eigenvalue weighted by atomic mass is 10.0. The van der Waals surface area contributed by atoms with E-state index in [0.717, 1.165) is 44.9 Å². The maximum absolute atomic E-state index is 14.2. The van der Waals surface area contributed by atoms with E-state index < -0.39 is 11.7 Å². The Balaban J connectivity index is 2.07. The maximum atomic E-state index is 14.2. The molecule has 0 aromatic carbocycles. The van der Waals surface area contributed by atoms with Crippen LogP contribution in [0.1, 0.15) is 78.1 Å². The van der Waals surface area contributed by atoms with Crippen LogP contribution >= 0.6 is 0 Å². The maximum Gasteiger partial charge on any atom is 0.312 e. The number of nitrogens with one attached hydrogen (secondary N) is 1. The average Bonchev–Trinajstić information content (AvgIpc) is 3.26. The van der Waals surface area contributed by atoms with Crippen LogP contribution in [0.25, 0.3) is 11.2 Å². The van der Waals surface area contributed by atoms with Crippen molar-refractivity contribution in [2.75, 3.05) is 19.0 Å². The summed E-state index contributed by atoms with van der Waals surface area (Å²) in [7, 11) is 1.45. The van der Waals surface area contributed by atoms with Gasteiger partial charge < -0.3 is 19.4 Å². The first kappa shape index (κ1) is 28.2. The predicted molar refractivity (Wildman–Crippen MR) is 131 cm³/mol. The molecule has 0 radical (unpaired) electrons. The predicted octanol–water partition coefficient (Wildman–Crippen LogP) is 4.41. The number of halogens is 1. The Labute approximate surface area is 206 Å².